The zero-order chi connectivity index (χ0) is 19.6. The molecule has 0 saturated carbocycles. The number of hydrogen-bond donors (Lipinski definition) is 2. The number of benzene rings is 2. The number of hydrazone groups is 1. The first kappa shape index (κ1) is 20.1. The van der Waals surface area contributed by atoms with Crippen molar-refractivity contribution in [1.29, 1.82) is 0 Å². The molecule has 142 valence electrons. The number of hydrogen-bond acceptors (Lipinski definition) is 4. The number of anilines is 1. The number of carbonyl (C=O) groups is 2. The third-order valence-electron chi connectivity index (χ3n) is 3.92. The molecule has 0 aliphatic carbocycles. The Hall–Kier alpha value is -3.22. The van der Waals surface area contributed by atoms with Crippen LogP contribution in [0.4, 0.5) is 10.1 Å². The fraction of sp³-hybridized carbons (Fsp3) is 0.250. The SMILES string of the molecule is CCN(CC)c1ccc(C=NNC(=O)CNC(=O)c2cccc(F)c2)cc1. The van der Waals surface area contributed by atoms with Gasteiger partial charge >= 0.3 is 0 Å². The van der Waals surface area contributed by atoms with Crippen LogP contribution in [0.15, 0.2) is 53.6 Å². The molecule has 27 heavy (non-hydrogen) atoms. The molecule has 0 aromatic heterocycles. The van der Waals surface area contributed by atoms with E-state index in [1.807, 2.05) is 24.3 Å². The van der Waals surface area contributed by atoms with E-state index in [1.54, 1.807) is 0 Å². The van der Waals surface area contributed by atoms with Gasteiger partial charge in [0.2, 0.25) is 0 Å². The summed E-state index contributed by atoms with van der Waals surface area (Å²) in [5.74, 6) is -1.51. The molecule has 0 unspecified atom stereocenters. The van der Waals surface area contributed by atoms with E-state index in [2.05, 4.69) is 34.6 Å². The molecule has 6 nitrogen and oxygen atoms in total. The van der Waals surface area contributed by atoms with E-state index >= 15 is 0 Å². The fourth-order valence-electron chi connectivity index (χ4n) is 2.47. The molecule has 0 saturated heterocycles. The van der Waals surface area contributed by atoms with E-state index in [4.69, 9.17) is 0 Å². The molecule has 2 amide bonds. The van der Waals surface area contributed by atoms with E-state index in [0.29, 0.717) is 0 Å². The molecule has 0 aliphatic rings. The molecule has 0 spiro atoms. The standard InChI is InChI=1S/C20H23FN4O2/c1-3-25(4-2)18-10-8-15(9-11-18)13-23-24-19(26)14-22-20(27)16-6-5-7-17(21)12-16/h5-13H,3-4,14H2,1-2H3,(H,22,27)(H,24,26). The minimum atomic E-state index is -0.527. The summed E-state index contributed by atoms with van der Waals surface area (Å²) in [7, 11) is 0. The van der Waals surface area contributed by atoms with Gasteiger partial charge in [0.25, 0.3) is 11.8 Å². The van der Waals surface area contributed by atoms with Gasteiger partial charge in [-0.2, -0.15) is 5.10 Å². The number of carbonyl (C=O) groups excluding carboxylic acids is 2. The third-order valence-corrected chi connectivity index (χ3v) is 3.92. The minimum Gasteiger partial charge on any atom is -0.372 e. The largest absolute Gasteiger partial charge is 0.372 e. The van der Waals surface area contributed by atoms with Crippen LogP contribution in [-0.4, -0.2) is 37.7 Å². The van der Waals surface area contributed by atoms with E-state index < -0.39 is 17.6 Å². The topological polar surface area (TPSA) is 73.8 Å². The Morgan fingerprint density at radius 2 is 1.81 bits per heavy atom. The Bertz CT molecular complexity index is 802. The molecule has 2 aromatic carbocycles. The van der Waals surface area contributed by atoms with Crippen molar-refractivity contribution < 1.29 is 14.0 Å². The van der Waals surface area contributed by atoms with Crippen LogP contribution in [-0.2, 0) is 4.79 Å². The second kappa shape index (κ2) is 10.1. The predicted octanol–water partition coefficient (Wildman–Crippen LogP) is 2.55. The highest BCUT2D eigenvalue weighted by molar-refractivity contribution is 5.96. The summed E-state index contributed by atoms with van der Waals surface area (Å²) in [5, 5.41) is 6.28. The Morgan fingerprint density at radius 3 is 2.44 bits per heavy atom. The zero-order valence-electron chi connectivity index (χ0n) is 15.4. The molecule has 0 bridgehead atoms. The van der Waals surface area contributed by atoms with E-state index in [-0.39, 0.29) is 12.1 Å². The van der Waals surface area contributed by atoms with Gasteiger partial charge in [0.15, 0.2) is 0 Å². The summed E-state index contributed by atoms with van der Waals surface area (Å²) in [6.07, 6.45) is 1.53. The van der Waals surface area contributed by atoms with Crippen LogP contribution in [0.25, 0.3) is 0 Å². The lowest BCUT2D eigenvalue weighted by Crippen LogP contribution is -2.34. The van der Waals surface area contributed by atoms with Crippen molar-refractivity contribution in [2.24, 2.45) is 5.10 Å². The Morgan fingerprint density at radius 1 is 1.11 bits per heavy atom. The second-order valence-electron chi connectivity index (χ2n) is 5.75. The van der Waals surface area contributed by atoms with Crippen LogP contribution in [0.3, 0.4) is 0 Å². The summed E-state index contributed by atoms with van der Waals surface area (Å²) < 4.78 is 13.1. The van der Waals surface area contributed by atoms with Crippen molar-refractivity contribution >= 4 is 23.7 Å². The van der Waals surface area contributed by atoms with Gasteiger partial charge in [0.05, 0.1) is 12.8 Å². The molecule has 0 fully saturated rings. The van der Waals surface area contributed by atoms with Crippen molar-refractivity contribution in [3.8, 4) is 0 Å². The lowest BCUT2D eigenvalue weighted by Gasteiger charge is -2.20. The first-order chi connectivity index (χ1) is 13.0. The monoisotopic (exact) mass is 370 g/mol. The number of rotatable bonds is 8. The molecule has 2 N–H and O–H groups in total. The normalized spacial score (nSPS) is 10.6. The molecule has 7 heteroatoms. The van der Waals surface area contributed by atoms with E-state index in [0.717, 1.165) is 30.4 Å². The Kier molecular flexibility index (Phi) is 7.49. The summed E-state index contributed by atoms with van der Waals surface area (Å²) in [4.78, 5) is 25.8. The van der Waals surface area contributed by atoms with Crippen molar-refractivity contribution in [2.75, 3.05) is 24.5 Å². The summed E-state index contributed by atoms with van der Waals surface area (Å²) >= 11 is 0. The van der Waals surface area contributed by atoms with E-state index in [9.17, 15) is 14.0 Å². The minimum absolute atomic E-state index is 0.152. The summed E-state index contributed by atoms with van der Waals surface area (Å²) in [6.45, 7) is 5.80. The number of nitrogens with one attached hydrogen (secondary N) is 2. The highest BCUT2D eigenvalue weighted by Gasteiger charge is 2.08. The van der Waals surface area contributed by atoms with Crippen molar-refractivity contribution in [3.63, 3.8) is 0 Å². The van der Waals surface area contributed by atoms with Gasteiger partial charge in [-0.15, -0.1) is 0 Å². The van der Waals surface area contributed by atoms with Crippen LogP contribution >= 0.6 is 0 Å². The second-order valence-corrected chi connectivity index (χ2v) is 5.75. The maximum atomic E-state index is 13.1. The van der Waals surface area contributed by atoms with Crippen LogP contribution in [0, 0.1) is 5.82 Å². The highest BCUT2D eigenvalue weighted by atomic mass is 19.1. The first-order valence-electron chi connectivity index (χ1n) is 8.74. The van der Waals surface area contributed by atoms with Gasteiger partial charge in [-0.25, -0.2) is 9.82 Å². The van der Waals surface area contributed by atoms with Gasteiger partial charge in [0.1, 0.15) is 5.82 Å². The number of halogens is 1. The third kappa shape index (κ3) is 6.22. The lowest BCUT2D eigenvalue weighted by atomic mass is 10.2. The number of nitrogens with zero attached hydrogens (tertiary/aromatic N) is 2. The van der Waals surface area contributed by atoms with E-state index in [1.165, 1.54) is 24.4 Å². The maximum Gasteiger partial charge on any atom is 0.259 e. The molecular formula is C20H23FN4O2. The molecule has 2 rings (SSSR count). The molecule has 0 aliphatic heterocycles. The highest BCUT2D eigenvalue weighted by Crippen LogP contribution is 2.13. The molecular weight excluding hydrogens is 347 g/mol. The molecule has 0 radical (unpaired) electrons. The van der Waals surface area contributed by atoms with Crippen molar-refractivity contribution in [1.82, 2.24) is 10.7 Å². The summed E-state index contributed by atoms with van der Waals surface area (Å²) in [6, 6.07) is 13.1. The smallest absolute Gasteiger partial charge is 0.259 e. The van der Waals surface area contributed by atoms with Crippen molar-refractivity contribution in [2.45, 2.75) is 13.8 Å². The molecule has 2 aromatic rings. The Labute approximate surface area is 158 Å². The van der Waals surface area contributed by atoms with Crippen LogP contribution in [0.2, 0.25) is 0 Å². The zero-order valence-corrected chi connectivity index (χ0v) is 15.4. The summed E-state index contributed by atoms with van der Waals surface area (Å²) in [5.41, 5.74) is 4.46. The van der Waals surface area contributed by atoms with Crippen LogP contribution in [0.5, 0.6) is 0 Å². The molecule has 0 heterocycles. The van der Waals surface area contributed by atoms with Crippen molar-refractivity contribution in [3.05, 3.63) is 65.5 Å². The maximum absolute atomic E-state index is 13.1. The van der Waals surface area contributed by atoms with Gasteiger partial charge in [-0.05, 0) is 49.7 Å². The first-order valence-corrected chi connectivity index (χ1v) is 8.74. The number of amides is 2. The lowest BCUT2D eigenvalue weighted by molar-refractivity contribution is -0.120. The van der Waals surface area contributed by atoms with Gasteiger partial charge < -0.3 is 10.2 Å². The van der Waals surface area contributed by atoms with Crippen LogP contribution in [0.1, 0.15) is 29.8 Å². The van der Waals surface area contributed by atoms with Crippen LogP contribution < -0.4 is 15.6 Å². The quantitative estimate of drug-likeness (QED) is 0.554. The average Bonchev–Trinajstić information content (AvgIpc) is 2.68. The predicted molar refractivity (Wildman–Crippen MR) is 104 cm³/mol. The van der Waals surface area contributed by atoms with Gasteiger partial charge in [-0.1, -0.05) is 18.2 Å². The Balaban J connectivity index is 1.80. The molecule has 0 atom stereocenters. The van der Waals surface area contributed by atoms with Gasteiger partial charge in [0, 0.05) is 24.3 Å². The average molecular weight is 370 g/mol. The van der Waals surface area contributed by atoms with Gasteiger partial charge in [-0.3, -0.25) is 9.59 Å². The fourth-order valence-corrected chi connectivity index (χ4v) is 2.47.